The molecule has 0 aliphatic heterocycles. The highest BCUT2D eigenvalue weighted by Gasteiger charge is 2.30. The van der Waals surface area contributed by atoms with Crippen molar-refractivity contribution < 1.29 is 5.11 Å². The molecule has 1 saturated carbocycles. The molecule has 1 atom stereocenters. The molecule has 3 nitrogen and oxygen atoms in total. The predicted molar refractivity (Wildman–Crippen MR) is 68.6 cm³/mol. The van der Waals surface area contributed by atoms with E-state index in [1.807, 2.05) is 0 Å². The van der Waals surface area contributed by atoms with Gasteiger partial charge in [-0.2, -0.15) is 0 Å². The van der Waals surface area contributed by atoms with E-state index in [0.29, 0.717) is 11.8 Å². The van der Waals surface area contributed by atoms with Gasteiger partial charge in [-0.1, -0.05) is 13.8 Å². The molecule has 0 heterocycles. The summed E-state index contributed by atoms with van der Waals surface area (Å²) in [6, 6.07) is 0. The number of hydrogen-bond acceptors (Lipinski definition) is 3. The third-order valence-electron chi connectivity index (χ3n) is 3.10. The Hall–Kier alpha value is -0.120. The first-order chi connectivity index (χ1) is 7.49. The van der Waals surface area contributed by atoms with Crippen LogP contribution in [0.5, 0.6) is 0 Å². The fourth-order valence-electron chi connectivity index (χ4n) is 2.01. The van der Waals surface area contributed by atoms with Crippen LogP contribution in [-0.4, -0.2) is 61.3 Å². The summed E-state index contributed by atoms with van der Waals surface area (Å²) >= 11 is 0. The van der Waals surface area contributed by atoms with Gasteiger partial charge in [0.15, 0.2) is 0 Å². The van der Waals surface area contributed by atoms with Gasteiger partial charge in [-0.15, -0.1) is 0 Å². The van der Waals surface area contributed by atoms with Crippen LogP contribution in [0.3, 0.4) is 0 Å². The molecule has 0 spiro atoms. The standard InChI is InChI=1S/C13H28N2O/c1-11(2)9-15(8-7-14(3)4)10-13(16)12-5-6-12/h11-13,16H,5-10H2,1-4H3. The van der Waals surface area contributed by atoms with E-state index in [0.717, 1.165) is 26.2 Å². The van der Waals surface area contributed by atoms with E-state index < -0.39 is 0 Å². The molecule has 1 rings (SSSR count). The van der Waals surface area contributed by atoms with Gasteiger partial charge < -0.3 is 10.0 Å². The van der Waals surface area contributed by atoms with Crippen LogP contribution in [0.4, 0.5) is 0 Å². The summed E-state index contributed by atoms with van der Waals surface area (Å²) in [5.74, 6) is 1.27. The average Bonchev–Trinajstić information content (AvgIpc) is 2.95. The van der Waals surface area contributed by atoms with Crippen LogP contribution < -0.4 is 0 Å². The summed E-state index contributed by atoms with van der Waals surface area (Å²) in [6.45, 7) is 8.58. The SMILES string of the molecule is CC(C)CN(CCN(C)C)CC(O)C1CC1. The number of nitrogens with zero attached hydrogens (tertiary/aromatic N) is 2. The zero-order valence-corrected chi connectivity index (χ0v) is 11.3. The van der Waals surface area contributed by atoms with Crippen molar-refractivity contribution in [3.05, 3.63) is 0 Å². The Morgan fingerprint density at radius 3 is 2.19 bits per heavy atom. The van der Waals surface area contributed by atoms with Gasteiger partial charge in [0.25, 0.3) is 0 Å². The van der Waals surface area contributed by atoms with Gasteiger partial charge in [0.1, 0.15) is 0 Å². The zero-order chi connectivity index (χ0) is 12.1. The number of rotatable bonds is 8. The molecule has 1 aliphatic rings. The topological polar surface area (TPSA) is 26.7 Å². The Morgan fingerprint density at radius 2 is 1.75 bits per heavy atom. The molecular formula is C13H28N2O. The minimum absolute atomic E-state index is 0.0964. The van der Waals surface area contributed by atoms with E-state index >= 15 is 0 Å². The molecule has 0 aromatic heterocycles. The molecule has 96 valence electrons. The minimum Gasteiger partial charge on any atom is -0.392 e. The average molecular weight is 228 g/mol. The van der Waals surface area contributed by atoms with Crippen LogP contribution in [0.1, 0.15) is 26.7 Å². The Kier molecular flexibility index (Phi) is 5.73. The number of aliphatic hydroxyl groups is 1. The lowest BCUT2D eigenvalue weighted by Crippen LogP contribution is -2.39. The first kappa shape index (κ1) is 13.9. The third-order valence-corrected chi connectivity index (χ3v) is 3.10. The molecule has 0 amide bonds. The fraction of sp³-hybridized carbons (Fsp3) is 1.00. The van der Waals surface area contributed by atoms with Crippen molar-refractivity contribution in [2.45, 2.75) is 32.8 Å². The molecule has 0 saturated heterocycles. The van der Waals surface area contributed by atoms with Crippen LogP contribution in [0.15, 0.2) is 0 Å². The Balaban J connectivity index is 2.29. The molecular weight excluding hydrogens is 200 g/mol. The number of likely N-dealkylation sites (N-methyl/N-ethyl adjacent to an activating group) is 1. The summed E-state index contributed by atoms with van der Waals surface area (Å²) in [4.78, 5) is 4.62. The molecule has 1 aliphatic carbocycles. The molecule has 0 aromatic carbocycles. The van der Waals surface area contributed by atoms with Crippen molar-refractivity contribution in [3.63, 3.8) is 0 Å². The van der Waals surface area contributed by atoms with E-state index in [4.69, 9.17) is 0 Å². The smallest absolute Gasteiger partial charge is 0.0695 e. The highest BCUT2D eigenvalue weighted by Crippen LogP contribution is 2.32. The Morgan fingerprint density at radius 1 is 1.12 bits per heavy atom. The van der Waals surface area contributed by atoms with E-state index in [-0.39, 0.29) is 6.10 Å². The minimum atomic E-state index is -0.0964. The van der Waals surface area contributed by atoms with Crippen molar-refractivity contribution in [1.29, 1.82) is 0 Å². The molecule has 1 fully saturated rings. The second-order valence-electron chi connectivity index (χ2n) is 5.86. The summed E-state index contributed by atoms with van der Waals surface area (Å²) in [5, 5.41) is 9.98. The van der Waals surface area contributed by atoms with Crippen LogP contribution in [-0.2, 0) is 0 Å². The lowest BCUT2D eigenvalue weighted by molar-refractivity contribution is 0.0856. The van der Waals surface area contributed by atoms with Gasteiger partial charge in [0.2, 0.25) is 0 Å². The van der Waals surface area contributed by atoms with Crippen molar-refractivity contribution in [2.75, 3.05) is 40.3 Å². The largest absolute Gasteiger partial charge is 0.392 e. The van der Waals surface area contributed by atoms with Crippen molar-refractivity contribution in [3.8, 4) is 0 Å². The van der Waals surface area contributed by atoms with Crippen LogP contribution in [0.25, 0.3) is 0 Å². The van der Waals surface area contributed by atoms with Crippen molar-refractivity contribution in [2.24, 2.45) is 11.8 Å². The van der Waals surface area contributed by atoms with Gasteiger partial charge in [-0.05, 0) is 38.8 Å². The first-order valence-corrected chi connectivity index (χ1v) is 6.54. The lowest BCUT2D eigenvalue weighted by Gasteiger charge is -2.27. The molecule has 0 aromatic rings. The second kappa shape index (κ2) is 6.58. The number of hydrogen-bond donors (Lipinski definition) is 1. The lowest BCUT2D eigenvalue weighted by atomic mass is 10.1. The summed E-state index contributed by atoms with van der Waals surface area (Å²) in [5.41, 5.74) is 0. The van der Waals surface area contributed by atoms with E-state index in [2.05, 4.69) is 37.7 Å². The van der Waals surface area contributed by atoms with Gasteiger partial charge >= 0.3 is 0 Å². The molecule has 0 radical (unpaired) electrons. The normalized spacial score (nSPS) is 18.8. The highest BCUT2D eigenvalue weighted by molar-refractivity contribution is 4.83. The van der Waals surface area contributed by atoms with Gasteiger partial charge in [-0.25, -0.2) is 0 Å². The molecule has 3 heteroatoms. The van der Waals surface area contributed by atoms with Gasteiger partial charge in [-0.3, -0.25) is 4.90 Å². The fourth-order valence-corrected chi connectivity index (χ4v) is 2.01. The van der Waals surface area contributed by atoms with Crippen molar-refractivity contribution in [1.82, 2.24) is 9.80 Å². The summed E-state index contributed by atoms with van der Waals surface area (Å²) in [7, 11) is 4.20. The quantitative estimate of drug-likeness (QED) is 0.678. The molecule has 16 heavy (non-hydrogen) atoms. The molecule has 1 unspecified atom stereocenters. The monoisotopic (exact) mass is 228 g/mol. The van der Waals surface area contributed by atoms with Gasteiger partial charge in [0.05, 0.1) is 6.10 Å². The maximum Gasteiger partial charge on any atom is 0.0695 e. The maximum atomic E-state index is 9.98. The van der Waals surface area contributed by atoms with Crippen LogP contribution >= 0.6 is 0 Å². The molecule has 0 bridgehead atoms. The van der Waals surface area contributed by atoms with E-state index in [1.54, 1.807) is 0 Å². The van der Waals surface area contributed by atoms with E-state index in [9.17, 15) is 5.11 Å². The van der Waals surface area contributed by atoms with E-state index in [1.165, 1.54) is 12.8 Å². The van der Waals surface area contributed by atoms with Gasteiger partial charge in [0, 0.05) is 26.2 Å². The zero-order valence-electron chi connectivity index (χ0n) is 11.3. The van der Waals surface area contributed by atoms with Crippen LogP contribution in [0, 0.1) is 11.8 Å². The third kappa shape index (κ3) is 5.83. The van der Waals surface area contributed by atoms with Crippen LogP contribution in [0.2, 0.25) is 0 Å². The van der Waals surface area contributed by atoms with Crippen molar-refractivity contribution >= 4 is 0 Å². The number of aliphatic hydroxyl groups excluding tert-OH is 1. The Bertz CT molecular complexity index is 190. The molecule has 1 N–H and O–H groups in total. The summed E-state index contributed by atoms with van der Waals surface area (Å²) in [6.07, 6.45) is 2.36. The maximum absolute atomic E-state index is 9.98. The second-order valence-corrected chi connectivity index (χ2v) is 5.86. The highest BCUT2D eigenvalue weighted by atomic mass is 16.3. The first-order valence-electron chi connectivity index (χ1n) is 6.54. The summed E-state index contributed by atoms with van der Waals surface area (Å²) < 4.78 is 0. The Labute approximate surface area is 100 Å². The predicted octanol–water partition coefficient (Wildman–Crippen LogP) is 1.28.